The van der Waals surface area contributed by atoms with Crippen molar-refractivity contribution >= 4 is 5.97 Å². The molecule has 0 amide bonds. The summed E-state index contributed by atoms with van der Waals surface area (Å²) in [6.45, 7) is 3.92. The van der Waals surface area contributed by atoms with E-state index in [0.29, 0.717) is 18.8 Å². The summed E-state index contributed by atoms with van der Waals surface area (Å²) in [7, 11) is 0. The topological polar surface area (TPSA) is 46.5 Å². The van der Waals surface area contributed by atoms with Crippen molar-refractivity contribution in [2.24, 2.45) is 11.3 Å². The highest BCUT2D eigenvalue weighted by Gasteiger charge is 2.61. The predicted molar refractivity (Wildman–Crippen MR) is 54.1 cm³/mol. The van der Waals surface area contributed by atoms with Crippen LogP contribution in [0.4, 0.5) is 0 Å². The lowest BCUT2D eigenvalue weighted by Gasteiger charge is -2.48. The van der Waals surface area contributed by atoms with Crippen LogP contribution < -0.4 is 0 Å². The molecule has 2 saturated heterocycles. The van der Waals surface area contributed by atoms with Crippen molar-refractivity contribution in [3.8, 4) is 0 Å². The van der Waals surface area contributed by atoms with Gasteiger partial charge in [-0.1, -0.05) is 0 Å². The second-order valence-electron chi connectivity index (χ2n) is 6.46. The number of ether oxygens (including phenoxy) is 1. The molecule has 4 aliphatic rings. The van der Waals surface area contributed by atoms with E-state index in [4.69, 9.17) is 4.74 Å². The van der Waals surface area contributed by atoms with Gasteiger partial charge in [-0.05, 0) is 45.4 Å². The van der Waals surface area contributed by atoms with E-state index in [0.717, 1.165) is 19.3 Å². The molecule has 0 spiro atoms. The maximum absolute atomic E-state index is 12.0. The van der Waals surface area contributed by atoms with E-state index < -0.39 is 16.6 Å². The van der Waals surface area contributed by atoms with Crippen LogP contribution in [-0.4, -0.2) is 22.3 Å². The lowest BCUT2D eigenvalue weighted by molar-refractivity contribution is -0.165. The predicted octanol–water partition coefficient (Wildman–Crippen LogP) is 1.63. The van der Waals surface area contributed by atoms with E-state index in [1.807, 2.05) is 13.8 Å². The molecule has 3 heteroatoms. The van der Waals surface area contributed by atoms with Gasteiger partial charge in [0.1, 0.15) is 5.60 Å². The number of aliphatic hydroxyl groups is 1. The molecule has 3 nitrogen and oxygen atoms in total. The zero-order chi connectivity index (χ0) is 10.9. The first-order chi connectivity index (χ1) is 6.83. The summed E-state index contributed by atoms with van der Waals surface area (Å²) in [5, 5.41) is 10.5. The summed E-state index contributed by atoms with van der Waals surface area (Å²) in [5.74, 6) is 0.363. The molecule has 2 aliphatic carbocycles. The molecule has 84 valence electrons. The van der Waals surface area contributed by atoms with Gasteiger partial charge in [0.2, 0.25) is 0 Å². The van der Waals surface area contributed by atoms with Crippen LogP contribution in [0, 0.1) is 11.3 Å². The number of fused-ring (bicyclic) bond motifs is 1. The summed E-state index contributed by atoms with van der Waals surface area (Å²) in [5.41, 5.74) is -1.51. The van der Waals surface area contributed by atoms with Crippen LogP contribution in [0.15, 0.2) is 0 Å². The second kappa shape index (κ2) is 2.40. The number of carbonyl (C=O) groups excluding carboxylic acids is 1. The molecule has 0 radical (unpaired) electrons. The Hall–Kier alpha value is -0.570. The Labute approximate surface area is 89.8 Å². The van der Waals surface area contributed by atoms with Crippen molar-refractivity contribution in [2.45, 2.75) is 57.2 Å². The van der Waals surface area contributed by atoms with E-state index in [1.54, 1.807) is 0 Å². The van der Waals surface area contributed by atoms with E-state index in [9.17, 15) is 9.90 Å². The maximum atomic E-state index is 12.0. The molecule has 0 aromatic rings. The molecule has 4 fully saturated rings. The molecule has 15 heavy (non-hydrogen) atoms. The van der Waals surface area contributed by atoms with Gasteiger partial charge in [-0.15, -0.1) is 0 Å². The van der Waals surface area contributed by atoms with Crippen LogP contribution in [0.1, 0.15) is 46.0 Å². The van der Waals surface area contributed by atoms with Gasteiger partial charge in [-0.2, -0.15) is 0 Å². The fraction of sp³-hybridized carbons (Fsp3) is 0.917. The van der Waals surface area contributed by atoms with E-state index in [1.165, 1.54) is 0 Å². The fourth-order valence-electron chi connectivity index (χ4n) is 4.36. The SMILES string of the molecule is CC12CC3CC(O)(C1)CC(C)(C3)C(=O)O2. The highest BCUT2D eigenvalue weighted by Crippen LogP contribution is 2.58. The Balaban J connectivity index is 2.11. The minimum atomic E-state index is -0.656. The number of hydrogen-bond donors (Lipinski definition) is 1. The summed E-state index contributed by atoms with van der Waals surface area (Å²) >= 11 is 0. The van der Waals surface area contributed by atoms with Gasteiger partial charge in [0.05, 0.1) is 11.0 Å². The van der Waals surface area contributed by atoms with Gasteiger partial charge in [0.25, 0.3) is 0 Å². The van der Waals surface area contributed by atoms with Gasteiger partial charge in [0.15, 0.2) is 0 Å². The standard InChI is InChI=1S/C12H18O3/c1-10-3-8-4-11(2,15-9(10)13)7-12(14,5-8)6-10/h8,14H,3-7H2,1-2H3. The third-order valence-electron chi connectivity index (χ3n) is 4.38. The molecule has 4 bridgehead atoms. The molecule has 2 aliphatic heterocycles. The lowest BCUT2D eigenvalue weighted by atomic mass is 9.58. The first-order valence-corrected chi connectivity index (χ1v) is 5.79. The van der Waals surface area contributed by atoms with E-state index in [2.05, 4.69) is 0 Å². The molecular weight excluding hydrogens is 192 g/mol. The molecule has 4 unspecified atom stereocenters. The zero-order valence-electron chi connectivity index (χ0n) is 9.38. The minimum Gasteiger partial charge on any atom is -0.459 e. The van der Waals surface area contributed by atoms with E-state index >= 15 is 0 Å². The van der Waals surface area contributed by atoms with Gasteiger partial charge in [-0.3, -0.25) is 4.79 Å². The number of esters is 1. The molecule has 0 aromatic carbocycles. The molecule has 2 heterocycles. The largest absolute Gasteiger partial charge is 0.459 e. The highest BCUT2D eigenvalue weighted by molar-refractivity contribution is 5.78. The second-order valence-corrected chi connectivity index (χ2v) is 6.46. The van der Waals surface area contributed by atoms with Gasteiger partial charge >= 0.3 is 5.97 Å². The lowest BCUT2D eigenvalue weighted by Crippen LogP contribution is -2.51. The fourth-order valence-corrected chi connectivity index (χ4v) is 4.36. The Morgan fingerprint density at radius 2 is 2.00 bits per heavy atom. The van der Waals surface area contributed by atoms with E-state index in [-0.39, 0.29) is 5.97 Å². The Morgan fingerprint density at radius 1 is 1.27 bits per heavy atom. The van der Waals surface area contributed by atoms with Crippen LogP contribution in [-0.2, 0) is 9.53 Å². The molecule has 4 atom stereocenters. The van der Waals surface area contributed by atoms with Crippen LogP contribution in [0.5, 0.6) is 0 Å². The minimum absolute atomic E-state index is 0.0943. The zero-order valence-corrected chi connectivity index (χ0v) is 9.38. The van der Waals surface area contributed by atoms with Gasteiger partial charge in [0, 0.05) is 6.42 Å². The van der Waals surface area contributed by atoms with Crippen LogP contribution >= 0.6 is 0 Å². The van der Waals surface area contributed by atoms with Crippen molar-refractivity contribution < 1.29 is 14.6 Å². The molecule has 4 rings (SSSR count). The molecule has 1 N–H and O–H groups in total. The third kappa shape index (κ3) is 1.25. The normalized spacial score (nSPS) is 57.8. The van der Waals surface area contributed by atoms with Crippen molar-refractivity contribution in [3.05, 3.63) is 0 Å². The van der Waals surface area contributed by atoms with Crippen molar-refractivity contribution in [3.63, 3.8) is 0 Å². The van der Waals surface area contributed by atoms with Crippen LogP contribution in [0.2, 0.25) is 0 Å². The summed E-state index contributed by atoms with van der Waals surface area (Å²) in [6, 6.07) is 0. The monoisotopic (exact) mass is 210 g/mol. The third-order valence-corrected chi connectivity index (χ3v) is 4.38. The van der Waals surface area contributed by atoms with Crippen LogP contribution in [0.3, 0.4) is 0 Å². The molecule has 2 saturated carbocycles. The molecular formula is C12H18O3. The number of hydrogen-bond acceptors (Lipinski definition) is 3. The Bertz CT molecular complexity index is 340. The van der Waals surface area contributed by atoms with Crippen molar-refractivity contribution in [1.82, 2.24) is 0 Å². The van der Waals surface area contributed by atoms with Crippen molar-refractivity contribution in [2.75, 3.05) is 0 Å². The highest BCUT2D eigenvalue weighted by atomic mass is 16.6. The van der Waals surface area contributed by atoms with Crippen LogP contribution in [0.25, 0.3) is 0 Å². The number of carbonyl (C=O) groups is 1. The Morgan fingerprint density at radius 3 is 2.67 bits per heavy atom. The molecule has 0 aromatic heterocycles. The average Bonchev–Trinajstić information content (AvgIpc) is 2.04. The summed E-state index contributed by atoms with van der Waals surface area (Å²) < 4.78 is 5.59. The quantitative estimate of drug-likeness (QED) is 0.618. The first kappa shape index (κ1) is 9.64. The average molecular weight is 210 g/mol. The Kier molecular flexibility index (Phi) is 1.54. The summed E-state index contributed by atoms with van der Waals surface area (Å²) in [4.78, 5) is 12.0. The maximum Gasteiger partial charge on any atom is 0.312 e. The van der Waals surface area contributed by atoms with Gasteiger partial charge < -0.3 is 9.84 Å². The summed E-state index contributed by atoms with van der Waals surface area (Å²) in [6.07, 6.45) is 3.89. The van der Waals surface area contributed by atoms with Gasteiger partial charge in [-0.25, -0.2) is 0 Å². The smallest absolute Gasteiger partial charge is 0.312 e. The number of rotatable bonds is 0. The first-order valence-electron chi connectivity index (χ1n) is 5.79. The van der Waals surface area contributed by atoms with Crippen molar-refractivity contribution in [1.29, 1.82) is 0 Å².